The Bertz CT molecular complexity index is 564. The summed E-state index contributed by atoms with van der Waals surface area (Å²) in [6.45, 7) is 5.22. The molecule has 116 valence electrons. The highest BCUT2D eigenvalue weighted by atomic mass is 32.2. The average molecular weight is 314 g/mol. The molecular formula is C19H22O2S. The molecule has 22 heavy (non-hydrogen) atoms. The third-order valence-electron chi connectivity index (χ3n) is 4.11. The number of allylic oxidation sites excluding steroid dienone is 3. The van der Waals surface area contributed by atoms with E-state index >= 15 is 0 Å². The Balaban J connectivity index is 1.79. The minimum absolute atomic E-state index is 0.00841. The van der Waals surface area contributed by atoms with Crippen LogP contribution in [0, 0.1) is 5.92 Å². The molecule has 3 heteroatoms. The van der Waals surface area contributed by atoms with Gasteiger partial charge in [0.1, 0.15) is 0 Å². The number of hydrogen-bond donors (Lipinski definition) is 0. The van der Waals surface area contributed by atoms with Crippen molar-refractivity contribution in [1.82, 2.24) is 0 Å². The number of ketones is 1. The van der Waals surface area contributed by atoms with Gasteiger partial charge in [0.25, 0.3) is 0 Å². The summed E-state index contributed by atoms with van der Waals surface area (Å²) in [4.78, 5) is 13.5. The van der Waals surface area contributed by atoms with Gasteiger partial charge in [-0.25, -0.2) is 0 Å². The van der Waals surface area contributed by atoms with Crippen LogP contribution in [0.2, 0.25) is 0 Å². The molecule has 0 aromatic heterocycles. The van der Waals surface area contributed by atoms with Crippen molar-refractivity contribution in [3.05, 3.63) is 48.6 Å². The number of hydrogen-bond acceptors (Lipinski definition) is 3. The molecule has 1 aliphatic heterocycles. The molecule has 0 atom stereocenters. The highest BCUT2D eigenvalue weighted by Crippen LogP contribution is 2.39. The molecule has 1 aromatic rings. The van der Waals surface area contributed by atoms with Crippen LogP contribution in [-0.2, 0) is 9.53 Å². The van der Waals surface area contributed by atoms with Crippen molar-refractivity contribution >= 4 is 23.1 Å². The first-order chi connectivity index (χ1) is 10.8. The van der Waals surface area contributed by atoms with Crippen LogP contribution < -0.4 is 0 Å². The van der Waals surface area contributed by atoms with Crippen molar-refractivity contribution in [2.75, 3.05) is 13.2 Å². The topological polar surface area (TPSA) is 26.3 Å². The van der Waals surface area contributed by atoms with E-state index in [0.717, 1.165) is 42.4 Å². The van der Waals surface area contributed by atoms with E-state index in [1.807, 2.05) is 11.8 Å². The summed E-state index contributed by atoms with van der Waals surface area (Å²) in [5.41, 5.74) is 1.78. The third-order valence-corrected chi connectivity index (χ3v) is 5.46. The van der Waals surface area contributed by atoms with Crippen LogP contribution in [0.5, 0.6) is 0 Å². The number of rotatable bonds is 6. The van der Waals surface area contributed by atoms with E-state index in [0.29, 0.717) is 5.92 Å². The summed E-state index contributed by atoms with van der Waals surface area (Å²) in [6.07, 6.45) is 8.17. The zero-order valence-electron chi connectivity index (χ0n) is 12.8. The molecule has 0 spiro atoms. The molecule has 2 fully saturated rings. The lowest BCUT2D eigenvalue weighted by Crippen LogP contribution is -2.15. The summed E-state index contributed by atoms with van der Waals surface area (Å²) in [7, 11) is 0. The number of carbonyl (C=O) groups is 1. The lowest BCUT2D eigenvalue weighted by Gasteiger charge is -2.20. The van der Waals surface area contributed by atoms with Crippen molar-refractivity contribution in [1.29, 1.82) is 0 Å². The predicted molar refractivity (Wildman–Crippen MR) is 92.0 cm³/mol. The molecule has 1 saturated heterocycles. The molecule has 0 radical (unpaired) electrons. The largest absolute Gasteiger partial charge is 0.381 e. The van der Waals surface area contributed by atoms with E-state index in [2.05, 4.69) is 36.9 Å². The maximum atomic E-state index is 12.2. The first-order valence-corrected chi connectivity index (χ1v) is 8.87. The first kappa shape index (κ1) is 15.6. The van der Waals surface area contributed by atoms with Crippen molar-refractivity contribution in [2.24, 2.45) is 5.92 Å². The standard InChI is InChI=1S/C19H22O2S/c1-2-19(20)18(13-14-9-11-21-12-10-14)15-3-5-16(6-4-15)22-17-7-8-17/h2-6,13-14,17H,1,7-12H2/b18-13+. The lowest BCUT2D eigenvalue weighted by molar-refractivity contribution is -0.109. The Morgan fingerprint density at radius 3 is 2.41 bits per heavy atom. The summed E-state index contributed by atoms with van der Waals surface area (Å²) in [5.74, 6) is 0.433. The zero-order valence-corrected chi connectivity index (χ0v) is 13.6. The third kappa shape index (κ3) is 4.11. The number of thioether (sulfide) groups is 1. The van der Waals surface area contributed by atoms with Crippen molar-refractivity contribution in [3.8, 4) is 0 Å². The van der Waals surface area contributed by atoms with Gasteiger partial charge in [-0.2, -0.15) is 0 Å². The highest BCUT2D eigenvalue weighted by molar-refractivity contribution is 8.00. The number of carbonyl (C=O) groups excluding carboxylic acids is 1. The predicted octanol–water partition coefficient (Wildman–Crippen LogP) is 4.51. The van der Waals surface area contributed by atoms with Crippen LogP contribution in [0.4, 0.5) is 0 Å². The van der Waals surface area contributed by atoms with E-state index in [1.165, 1.54) is 23.8 Å². The molecule has 0 bridgehead atoms. The van der Waals surface area contributed by atoms with E-state index < -0.39 is 0 Å². The molecule has 1 aliphatic carbocycles. The Morgan fingerprint density at radius 2 is 1.82 bits per heavy atom. The monoisotopic (exact) mass is 314 g/mol. The summed E-state index contributed by atoms with van der Waals surface area (Å²) >= 11 is 1.94. The Kier molecular flexibility index (Phi) is 5.16. The highest BCUT2D eigenvalue weighted by Gasteiger charge is 2.22. The fourth-order valence-corrected chi connectivity index (χ4v) is 3.69. The first-order valence-electron chi connectivity index (χ1n) is 7.99. The van der Waals surface area contributed by atoms with Gasteiger partial charge in [0.2, 0.25) is 0 Å². The van der Waals surface area contributed by atoms with Gasteiger partial charge in [-0.05, 0) is 55.4 Å². The number of benzene rings is 1. The van der Waals surface area contributed by atoms with Gasteiger partial charge >= 0.3 is 0 Å². The second-order valence-electron chi connectivity index (χ2n) is 5.94. The Labute approximate surface area is 136 Å². The smallest absolute Gasteiger partial charge is 0.185 e. The normalized spacial score (nSPS) is 19.9. The minimum atomic E-state index is 0.00841. The second kappa shape index (κ2) is 7.30. The molecule has 1 saturated carbocycles. The molecule has 2 nitrogen and oxygen atoms in total. The lowest BCUT2D eigenvalue weighted by atomic mass is 9.92. The van der Waals surface area contributed by atoms with Crippen LogP contribution in [-0.4, -0.2) is 24.2 Å². The molecule has 0 unspecified atom stereocenters. The van der Waals surface area contributed by atoms with Crippen LogP contribution >= 0.6 is 11.8 Å². The van der Waals surface area contributed by atoms with Crippen LogP contribution in [0.1, 0.15) is 31.2 Å². The SMILES string of the molecule is C=CC(=O)/C(=C/C1CCOCC1)c1ccc(SC2CC2)cc1. The van der Waals surface area contributed by atoms with Gasteiger partial charge in [0, 0.05) is 28.9 Å². The summed E-state index contributed by atoms with van der Waals surface area (Å²) in [6, 6.07) is 8.40. The van der Waals surface area contributed by atoms with Crippen molar-refractivity contribution in [3.63, 3.8) is 0 Å². The molecule has 1 aromatic carbocycles. The van der Waals surface area contributed by atoms with Crippen LogP contribution in [0.15, 0.2) is 47.9 Å². The van der Waals surface area contributed by atoms with E-state index in [9.17, 15) is 4.79 Å². The molecular weight excluding hydrogens is 292 g/mol. The van der Waals surface area contributed by atoms with Crippen molar-refractivity contribution < 1.29 is 9.53 Å². The van der Waals surface area contributed by atoms with Gasteiger partial charge in [0.05, 0.1) is 0 Å². The van der Waals surface area contributed by atoms with Gasteiger partial charge in [-0.3, -0.25) is 4.79 Å². The fraction of sp³-hybridized carbons (Fsp3) is 0.421. The summed E-state index contributed by atoms with van der Waals surface area (Å²) in [5, 5.41) is 0.804. The minimum Gasteiger partial charge on any atom is -0.381 e. The molecule has 0 N–H and O–H groups in total. The zero-order chi connectivity index (χ0) is 15.4. The molecule has 0 amide bonds. The van der Waals surface area contributed by atoms with Gasteiger partial charge < -0.3 is 4.74 Å². The number of ether oxygens (including phenoxy) is 1. The quantitative estimate of drug-likeness (QED) is 0.723. The van der Waals surface area contributed by atoms with Gasteiger partial charge in [0.15, 0.2) is 5.78 Å². The maximum absolute atomic E-state index is 12.2. The maximum Gasteiger partial charge on any atom is 0.185 e. The molecule has 1 heterocycles. The summed E-state index contributed by atoms with van der Waals surface area (Å²) < 4.78 is 5.40. The van der Waals surface area contributed by atoms with E-state index in [4.69, 9.17) is 4.74 Å². The molecule has 3 rings (SSSR count). The fourth-order valence-electron chi connectivity index (χ4n) is 2.64. The van der Waals surface area contributed by atoms with Gasteiger partial charge in [-0.15, -0.1) is 11.8 Å². The average Bonchev–Trinajstić information content (AvgIpc) is 3.38. The van der Waals surface area contributed by atoms with Crippen LogP contribution in [0.3, 0.4) is 0 Å². The molecule has 2 aliphatic rings. The van der Waals surface area contributed by atoms with E-state index in [1.54, 1.807) is 0 Å². The second-order valence-corrected chi connectivity index (χ2v) is 7.31. The Morgan fingerprint density at radius 1 is 1.14 bits per heavy atom. The van der Waals surface area contributed by atoms with Crippen molar-refractivity contribution in [2.45, 2.75) is 35.8 Å². The Hall–Kier alpha value is -1.32. The van der Waals surface area contributed by atoms with Crippen LogP contribution in [0.25, 0.3) is 5.57 Å². The van der Waals surface area contributed by atoms with Gasteiger partial charge in [-0.1, -0.05) is 24.8 Å². The van der Waals surface area contributed by atoms with E-state index in [-0.39, 0.29) is 5.78 Å².